The van der Waals surface area contributed by atoms with Crippen molar-refractivity contribution in [2.24, 2.45) is 4.99 Å². The number of aliphatic imine (C=N–C) groups is 1. The molecule has 0 aromatic heterocycles. The van der Waals surface area contributed by atoms with Gasteiger partial charge in [0.2, 0.25) is 0 Å². The minimum Gasteiger partial charge on any atom is -0.483 e. The van der Waals surface area contributed by atoms with Crippen LogP contribution in [0.1, 0.15) is 16.7 Å². The van der Waals surface area contributed by atoms with Crippen LogP contribution in [-0.2, 0) is 4.79 Å². The third-order valence-corrected chi connectivity index (χ3v) is 4.57. The molecule has 0 aliphatic rings. The molecule has 3 rings (SSSR count). The van der Waals surface area contributed by atoms with Gasteiger partial charge in [0.1, 0.15) is 5.75 Å². The SMILES string of the molecule is Cc1cccc(NC(=O)COc2ccccc2C=Nc2cccc(Cl)c2C)c1. The van der Waals surface area contributed by atoms with E-state index in [0.717, 1.165) is 28.1 Å². The van der Waals surface area contributed by atoms with E-state index >= 15 is 0 Å². The second-order valence-electron chi connectivity index (χ2n) is 6.39. The van der Waals surface area contributed by atoms with Gasteiger partial charge in [0.25, 0.3) is 5.91 Å². The van der Waals surface area contributed by atoms with Crippen LogP contribution >= 0.6 is 11.6 Å². The molecular formula is C23H21ClN2O2. The van der Waals surface area contributed by atoms with Crippen LogP contribution in [0.3, 0.4) is 0 Å². The molecule has 0 bridgehead atoms. The van der Waals surface area contributed by atoms with Gasteiger partial charge in [0.05, 0.1) is 5.69 Å². The second-order valence-corrected chi connectivity index (χ2v) is 6.79. The van der Waals surface area contributed by atoms with Crippen LogP contribution < -0.4 is 10.1 Å². The normalized spacial score (nSPS) is 10.8. The van der Waals surface area contributed by atoms with Gasteiger partial charge in [-0.2, -0.15) is 0 Å². The number of anilines is 1. The number of nitrogens with one attached hydrogen (secondary N) is 1. The van der Waals surface area contributed by atoms with Crippen molar-refractivity contribution in [3.8, 4) is 5.75 Å². The third-order valence-electron chi connectivity index (χ3n) is 4.16. The molecule has 0 saturated carbocycles. The molecule has 5 heteroatoms. The van der Waals surface area contributed by atoms with Gasteiger partial charge in [0.15, 0.2) is 6.61 Å². The van der Waals surface area contributed by atoms with Crippen LogP contribution in [0.25, 0.3) is 0 Å². The van der Waals surface area contributed by atoms with Crippen LogP contribution in [0.15, 0.2) is 71.7 Å². The van der Waals surface area contributed by atoms with Gasteiger partial charge in [-0.15, -0.1) is 0 Å². The number of rotatable bonds is 6. The number of hydrogen-bond acceptors (Lipinski definition) is 3. The third kappa shape index (κ3) is 5.21. The van der Waals surface area contributed by atoms with Gasteiger partial charge < -0.3 is 10.1 Å². The lowest BCUT2D eigenvalue weighted by Gasteiger charge is -2.10. The van der Waals surface area contributed by atoms with E-state index in [-0.39, 0.29) is 12.5 Å². The van der Waals surface area contributed by atoms with Crippen LogP contribution in [-0.4, -0.2) is 18.7 Å². The molecule has 28 heavy (non-hydrogen) atoms. The molecule has 0 atom stereocenters. The number of hydrogen-bond donors (Lipinski definition) is 1. The standard InChI is InChI=1S/C23H21ClN2O2/c1-16-7-5-9-19(13-16)26-23(27)15-28-22-12-4-3-8-18(22)14-25-21-11-6-10-20(24)17(21)2/h3-14H,15H2,1-2H3,(H,26,27). The van der Waals surface area contributed by atoms with Crippen molar-refractivity contribution < 1.29 is 9.53 Å². The first-order valence-corrected chi connectivity index (χ1v) is 9.28. The fraction of sp³-hybridized carbons (Fsp3) is 0.130. The maximum absolute atomic E-state index is 12.2. The number of benzene rings is 3. The van der Waals surface area contributed by atoms with E-state index < -0.39 is 0 Å². The summed E-state index contributed by atoms with van der Waals surface area (Å²) in [5.41, 5.74) is 4.32. The highest BCUT2D eigenvalue weighted by Gasteiger charge is 2.07. The summed E-state index contributed by atoms with van der Waals surface area (Å²) in [4.78, 5) is 16.7. The van der Waals surface area contributed by atoms with E-state index in [1.807, 2.05) is 80.6 Å². The maximum Gasteiger partial charge on any atom is 0.262 e. The van der Waals surface area contributed by atoms with Crippen molar-refractivity contribution in [3.63, 3.8) is 0 Å². The molecule has 3 aromatic carbocycles. The van der Waals surface area contributed by atoms with Gasteiger partial charge in [0, 0.05) is 22.5 Å². The topological polar surface area (TPSA) is 50.7 Å². The lowest BCUT2D eigenvalue weighted by Crippen LogP contribution is -2.20. The van der Waals surface area contributed by atoms with Crippen LogP contribution in [0.4, 0.5) is 11.4 Å². The summed E-state index contributed by atoms with van der Waals surface area (Å²) in [6.45, 7) is 3.81. The zero-order valence-electron chi connectivity index (χ0n) is 15.8. The molecule has 0 heterocycles. The van der Waals surface area contributed by atoms with Crippen molar-refractivity contribution in [2.45, 2.75) is 13.8 Å². The Bertz CT molecular complexity index is 1010. The average Bonchev–Trinajstić information content (AvgIpc) is 2.68. The van der Waals surface area contributed by atoms with Crippen molar-refractivity contribution in [3.05, 3.63) is 88.4 Å². The van der Waals surface area contributed by atoms with E-state index in [1.165, 1.54) is 0 Å². The minimum atomic E-state index is -0.219. The highest BCUT2D eigenvalue weighted by Crippen LogP contribution is 2.26. The molecule has 0 saturated heterocycles. The highest BCUT2D eigenvalue weighted by molar-refractivity contribution is 6.31. The Morgan fingerprint density at radius 3 is 2.68 bits per heavy atom. The molecule has 4 nitrogen and oxygen atoms in total. The lowest BCUT2D eigenvalue weighted by atomic mass is 10.2. The van der Waals surface area contributed by atoms with Crippen LogP contribution in [0.5, 0.6) is 5.75 Å². The monoisotopic (exact) mass is 392 g/mol. The Labute approximate surface area is 169 Å². The molecule has 0 aliphatic carbocycles. The summed E-state index contributed by atoms with van der Waals surface area (Å²) in [6.07, 6.45) is 1.71. The zero-order chi connectivity index (χ0) is 19.9. The molecule has 0 aliphatic heterocycles. The Hall–Kier alpha value is -3.11. The van der Waals surface area contributed by atoms with Crippen molar-refractivity contribution >= 4 is 35.1 Å². The predicted octanol–water partition coefficient (Wildman–Crippen LogP) is 5.72. The smallest absolute Gasteiger partial charge is 0.262 e. The first kappa shape index (κ1) is 19.6. The number of carbonyl (C=O) groups excluding carboxylic acids is 1. The van der Waals surface area contributed by atoms with Crippen LogP contribution in [0.2, 0.25) is 5.02 Å². The van der Waals surface area contributed by atoms with Gasteiger partial charge in [-0.25, -0.2) is 0 Å². The Morgan fingerprint density at radius 1 is 1.07 bits per heavy atom. The van der Waals surface area contributed by atoms with E-state index in [1.54, 1.807) is 6.21 Å². The summed E-state index contributed by atoms with van der Waals surface area (Å²) < 4.78 is 5.71. The molecule has 0 fully saturated rings. The number of halogens is 1. The molecule has 1 amide bonds. The highest BCUT2D eigenvalue weighted by atomic mass is 35.5. The predicted molar refractivity (Wildman–Crippen MR) is 115 cm³/mol. The summed E-state index contributed by atoms with van der Waals surface area (Å²) in [5.74, 6) is 0.369. The summed E-state index contributed by atoms with van der Waals surface area (Å²) in [5, 5.41) is 3.50. The minimum absolute atomic E-state index is 0.0883. The van der Waals surface area contributed by atoms with E-state index in [4.69, 9.17) is 16.3 Å². The quantitative estimate of drug-likeness (QED) is 0.545. The molecule has 3 aromatic rings. The lowest BCUT2D eigenvalue weighted by molar-refractivity contribution is -0.118. The maximum atomic E-state index is 12.2. The number of ether oxygens (including phenoxy) is 1. The summed E-state index contributed by atoms with van der Waals surface area (Å²) >= 11 is 6.14. The molecule has 0 unspecified atom stereocenters. The zero-order valence-corrected chi connectivity index (χ0v) is 16.5. The van der Waals surface area contributed by atoms with Crippen molar-refractivity contribution in [2.75, 3.05) is 11.9 Å². The number of para-hydroxylation sites is 1. The molecule has 142 valence electrons. The molecular weight excluding hydrogens is 372 g/mol. The van der Waals surface area contributed by atoms with E-state index in [2.05, 4.69) is 10.3 Å². The summed E-state index contributed by atoms with van der Waals surface area (Å²) in [7, 11) is 0. The average molecular weight is 393 g/mol. The van der Waals surface area contributed by atoms with E-state index in [0.29, 0.717) is 10.8 Å². The first-order chi connectivity index (χ1) is 13.5. The van der Waals surface area contributed by atoms with Gasteiger partial charge in [-0.05, 0) is 61.4 Å². The Kier molecular flexibility index (Phi) is 6.45. The number of amides is 1. The largest absolute Gasteiger partial charge is 0.483 e. The molecule has 0 spiro atoms. The number of nitrogens with zero attached hydrogens (tertiary/aromatic N) is 1. The fourth-order valence-electron chi connectivity index (χ4n) is 2.66. The Morgan fingerprint density at radius 2 is 1.86 bits per heavy atom. The second kappa shape index (κ2) is 9.20. The molecule has 1 N–H and O–H groups in total. The Balaban J connectivity index is 1.67. The van der Waals surface area contributed by atoms with Crippen molar-refractivity contribution in [1.82, 2.24) is 0 Å². The first-order valence-electron chi connectivity index (χ1n) is 8.90. The van der Waals surface area contributed by atoms with Gasteiger partial charge >= 0.3 is 0 Å². The van der Waals surface area contributed by atoms with Crippen LogP contribution in [0, 0.1) is 13.8 Å². The summed E-state index contributed by atoms with van der Waals surface area (Å²) in [6, 6.07) is 20.7. The number of carbonyl (C=O) groups is 1. The van der Waals surface area contributed by atoms with E-state index in [9.17, 15) is 4.79 Å². The fourth-order valence-corrected chi connectivity index (χ4v) is 2.83. The van der Waals surface area contributed by atoms with Gasteiger partial charge in [-0.3, -0.25) is 9.79 Å². The van der Waals surface area contributed by atoms with Gasteiger partial charge in [-0.1, -0.05) is 41.9 Å². The van der Waals surface area contributed by atoms with Crippen molar-refractivity contribution in [1.29, 1.82) is 0 Å². The molecule has 0 radical (unpaired) electrons. The number of aryl methyl sites for hydroxylation is 1.